The van der Waals surface area contributed by atoms with E-state index in [-0.39, 0.29) is 30.6 Å². The van der Waals surface area contributed by atoms with Crippen molar-refractivity contribution in [1.29, 1.82) is 0 Å². The van der Waals surface area contributed by atoms with Crippen LogP contribution in [0.2, 0.25) is 0 Å². The van der Waals surface area contributed by atoms with Gasteiger partial charge in [0.05, 0.1) is 35.7 Å². The third-order valence-electron chi connectivity index (χ3n) is 10.2. The summed E-state index contributed by atoms with van der Waals surface area (Å²) in [7, 11) is 0. The minimum absolute atomic E-state index is 0.117. The quantitative estimate of drug-likeness (QED) is 0.348. The van der Waals surface area contributed by atoms with Gasteiger partial charge in [0.2, 0.25) is 5.78 Å². The zero-order valence-corrected chi connectivity index (χ0v) is 24.6. The summed E-state index contributed by atoms with van der Waals surface area (Å²) in [5.41, 5.74) is -6.73. The Morgan fingerprint density at radius 2 is 1.67 bits per heavy atom. The molecule has 5 rings (SSSR count). The van der Waals surface area contributed by atoms with Crippen molar-refractivity contribution in [3.8, 4) is 0 Å². The molecule has 1 unspecified atom stereocenters. The van der Waals surface area contributed by atoms with Crippen LogP contribution in [0.4, 0.5) is 0 Å². The number of hydrogen-bond acceptors (Lipinski definition) is 11. The van der Waals surface area contributed by atoms with Gasteiger partial charge in [-0.3, -0.25) is 14.4 Å². The Kier molecular flexibility index (Phi) is 7.20. The molecule has 0 spiro atoms. The molecular formula is C31H38O11. The zero-order chi connectivity index (χ0) is 31.0. The van der Waals surface area contributed by atoms with Crippen LogP contribution in [0.25, 0.3) is 0 Å². The second-order valence-corrected chi connectivity index (χ2v) is 12.8. The molecule has 1 aliphatic heterocycles. The summed E-state index contributed by atoms with van der Waals surface area (Å²) >= 11 is 0. The van der Waals surface area contributed by atoms with Gasteiger partial charge in [-0.05, 0) is 24.6 Å². The molecule has 42 heavy (non-hydrogen) atoms. The van der Waals surface area contributed by atoms with Crippen LogP contribution in [-0.4, -0.2) is 81.2 Å². The third kappa shape index (κ3) is 4.08. The molecular weight excluding hydrogens is 548 g/mol. The first kappa shape index (κ1) is 30.3. The molecule has 1 heterocycles. The van der Waals surface area contributed by atoms with Crippen LogP contribution in [0.3, 0.4) is 0 Å². The lowest BCUT2D eigenvalue weighted by atomic mass is 9.45. The molecule has 3 aliphatic carbocycles. The average molecular weight is 587 g/mol. The summed E-state index contributed by atoms with van der Waals surface area (Å²) in [4.78, 5) is 53.4. The van der Waals surface area contributed by atoms with Crippen LogP contribution >= 0.6 is 0 Å². The van der Waals surface area contributed by atoms with Crippen LogP contribution in [0.15, 0.2) is 41.7 Å². The fraction of sp³-hybridized carbons (Fsp3) is 0.613. The van der Waals surface area contributed by atoms with Gasteiger partial charge in [0, 0.05) is 38.0 Å². The van der Waals surface area contributed by atoms with Crippen molar-refractivity contribution in [3.05, 3.63) is 47.2 Å². The van der Waals surface area contributed by atoms with Gasteiger partial charge in [-0.25, -0.2) is 4.79 Å². The van der Waals surface area contributed by atoms with Crippen molar-refractivity contribution in [2.45, 2.75) is 90.0 Å². The van der Waals surface area contributed by atoms with Gasteiger partial charge in [-0.1, -0.05) is 39.0 Å². The Morgan fingerprint density at radius 1 is 1.02 bits per heavy atom. The second-order valence-electron chi connectivity index (χ2n) is 12.8. The highest BCUT2D eigenvalue weighted by atomic mass is 16.6. The number of hydrogen-bond donors (Lipinski definition) is 3. The highest BCUT2D eigenvalue weighted by molar-refractivity contribution is 6.02. The molecule has 228 valence electrons. The number of benzene rings is 1. The predicted molar refractivity (Wildman–Crippen MR) is 144 cm³/mol. The average Bonchev–Trinajstić information content (AvgIpc) is 2.90. The number of ether oxygens (including phenoxy) is 4. The highest BCUT2D eigenvalue weighted by Crippen LogP contribution is 2.64. The lowest BCUT2D eigenvalue weighted by Gasteiger charge is -2.67. The number of Topliss-reactive ketones (excluding diaryl/α,β-unsaturated/α-hetero) is 1. The van der Waals surface area contributed by atoms with E-state index in [1.807, 2.05) is 0 Å². The number of allylic oxidation sites excluding steroid dienone is 1. The molecule has 0 amide bonds. The van der Waals surface area contributed by atoms with E-state index in [1.54, 1.807) is 39.0 Å². The molecule has 2 saturated carbocycles. The van der Waals surface area contributed by atoms with Gasteiger partial charge in [0.25, 0.3) is 0 Å². The number of ketones is 1. The lowest BCUT2D eigenvalue weighted by Crippen LogP contribution is -2.81. The first-order chi connectivity index (χ1) is 19.5. The summed E-state index contributed by atoms with van der Waals surface area (Å²) in [6.45, 7) is 8.45. The second kappa shape index (κ2) is 9.97. The van der Waals surface area contributed by atoms with Gasteiger partial charge in [0.15, 0.2) is 11.4 Å². The van der Waals surface area contributed by atoms with Crippen molar-refractivity contribution in [3.63, 3.8) is 0 Å². The van der Waals surface area contributed by atoms with Gasteiger partial charge < -0.3 is 34.3 Å². The monoisotopic (exact) mass is 586 g/mol. The summed E-state index contributed by atoms with van der Waals surface area (Å²) < 4.78 is 23.4. The number of fused-ring (bicyclic) bond motifs is 5. The van der Waals surface area contributed by atoms with Gasteiger partial charge in [-0.15, -0.1) is 0 Å². The van der Waals surface area contributed by atoms with E-state index in [9.17, 15) is 34.5 Å². The Hall–Kier alpha value is -3.12. The topological polar surface area (TPSA) is 166 Å². The molecule has 2 bridgehead atoms. The molecule has 0 aromatic heterocycles. The van der Waals surface area contributed by atoms with Crippen LogP contribution in [0.5, 0.6) is 0 Å². The molecule has 1 aromatic carbocycles. The molecule has 1 aromatic rings. The number of carbonyl (C=O) groups excluding carboxylic acids is 4. The molecule has 11 nitrogen and oxygen atoms in total. The summed E-state index contributed by atoms with van der Waals surface area (Å²) in [5.74, 6) is -5.67. The zero-order valence-electron chi connectivity index (χ0n) is 24.6. The number of aliphatic hydroxyl groups excluding tert-OH is 2. The van der Waals surface area contributed by atoms with Crippen molar-refractivity contribution in [1.82, 2.24) is 0 Å². The van der Waals surface area contributed by atoms with Crippen LogP contribution in [-0.2, 0) is 33.3 Å². The highest BCUT2D eigenvalue weighted by Gasteiger charge is 2.77. The first-order valence-corrected chi connectivity index (χ1v) is 14.2. The third-order valence-corrected chi connectivity index (χ3v) is 10.2. The number of aliphatic hydroxyl groups is 3. The summed E-state index contributed by atoms with van der Waals surface area (Å²) in [6.07, 6.45) is -5.61. The number of carbonyl (C=O) groups is 4. The smallest absolute Gasteiger partial charge is 0.338 e. The van der Waals surface area contributed by atoms with E-state index in [1.165, 1.54) is 26.0 Å². The van der Waals surface area contributed by atoms with Crippen molar-refractivity contribution >= 4 is 23.7 Å². The van der Waals surface area contributed by atoms with E-state index in [0.29, 0.717) is 0 Å². The van der Waals surface area contributed by atoms with E-state index >= 15 is 0 Å². The minimum atomic E-state index is -2.11. The SMILES string of the molecule is CC(=O)O/C1=C2\C(C)[C@@H](O)C[C@@](O)([C@@H](OC(=O)c3ccccc3)[C@@H]3[C@]4(OC(C)=O)CO[C@@H]4C[C@H](O)[C@@]3(C)C1=O)C2(C)C. The Morgan fingerprint density at radius 3 is 2.21 bits per heavy atom. The molecule has 3 N–H and O–H groups in total. The van der Waals surface area contributed by atoms with Crippen molar-refractivity contribution in [2.24, 2.45) is 22.7 Å². The number of rotatable bonds is 4. The van der Waals surface area contributed by atoms with E-state index in [2.05, 4.69) is 0 Å². The molecule has 0 radical (unpaired) electrons. The summed E-state index contributed by atoms with van der Waals surface area (Å²) in [6, 6.07) is 8.05. The predicted octanol–water partition coefficient (Wildman–Crippen LogP) is 1.86. The van der Waals surface area contributed by atoms with Gasteiger partial charge in [0.1, 0.15) is 17.8 Å². The molecule has 9 atom stereocenters. The van der Waals surface area contributed by atoms with Gasteiger partial charge >= 0.3 is 17.9 Å². The maximum Gasteiger partial charge on any atom is 0.338 e. The van der Waals surface area contributed by atoms with Gasteiger partial charge in [-0.2, -0.15) is 0 Å². The van der Waals surface area contributed by atoms with E-state index in [4.69, 9.17) is 18.9 Å². The molecule has 4 aliphatic rings. The minimum Gasteiger partial charge on any atom is -0.455 e. The fourth-order valence-corrected chi connectivity index (χ4v) is 7.89. The van der Waals surface area contributed by atoms with E-state index in [0.717, 1.165) is 6.92 Å². The maximum absolute atomic E-state index is 14.8. The Bertz CT molecular complexity index is 1350. The number of esters is 3. The van der Waals surface area contributed by atoms with Crippen molar-refractivity contribution in [2.75, 3.05) is 6.61 Å². The lowest BCUT2D eigenvalue weighted by molar-refractivity contribution is -0.345. The van der Waals surface area contributed by atoms with Crippen LogP contribution < -0.4 is 0 Å². The summed E-state index contributed by atoms with van der Waals surface area (Å²) in [5, 5.41) is 35.8. The van der Waals surface area contributed by atoms with Crippen LogP contribution in [0.1, 0.15) is 64.7 Å². The molecule has 3 fully saturated rings. The van der Waals surface area contributed by atoms with E-state index < -0.39 is 87.7 Å². The molecule has 11 heteroatoms. The molecule has 1 saturated heterocycles. The maximum atomic E-state index is 14.8. The first-order valence-electron chi connectivity index (χ1n) is 14.2. The Labute approximate surface area is 243 Å². The fourth-order valence-electron chi connectivity index (χ4n) is 7.89. The Balaban J connectivity index is 1.86. The standard InChI is InChI=1S/C31H38O11/c1-15-19(34)13-31(38)26(41-27(37)18-10-8-7-9-11-18)24-29(6,20(35)12-21-30(24,14-39-21)42-17(3)33)25(36)23(40-16(2)32)22(15)28(31,4)5/h7-11,15,19-21,24,26,34-35,38H,12-14H2,1-6H3/b23-22+/t15?,19-,20-,21+,24-,26-,29+,30-,31+/m0/s1. The van der Waals surface area contributed by atoms with Crippen molar-refractivity contribution < 1.29 is 53.4 Å². The largest absolute Gasteiger partial charge is 0.455 e. The normalized spacial score (nSPS) is 42.1. The van der Waals surface area contributed by atoms with Crippen LogP contribution in [0, 0.1) is 22.7 Å².